The Morgan fingerprint density at radius 1 is 1.22 bits per heavy atom. The van der Waals surface area contributed by atoms with Gasteiger partial charge in [-0.3, -0.25) is 9.59 Å². The van der Waals surface area contributed by atoms with Crippen molar-refractivity contribution in [3.05, 3.63) is 48.0 Å². The minimum absolute atomic E-state index is 0.00229. The number of amides is 1. The molecule has 1 fully saturated rings. The minimum Gasteiger partial charge on any atom is -0.465 e. The Morgan fingerprint density at radius 2 is 2.04 bits per heavy atom. The van der Waals surface area contributed by atoms with Gasteiger partial charge in [-0.25, -0.2) is 0 Å². The van der Waals surface area contributed by atoms with Crippen molar-refractivity contribution in [1.29, 1.82) is 0 Å². The number of allylic oxidation sites excluding steroid dienone is 2. The summed E-state index contributed by atoms with van der Waals surface area (Å²) in [6.07, 6.45) is 7.25. The maximum absolute atomic E-state index is 12.1. The van der Waals surface area contributed by atoms with Gasteiger partial charge in [0.15, 0.2) is 0 Å². The molecule has 1 saturated heterocycles. The molecule has 0 radical (unpaired) electrons. The van der Waals surface area contributed by atoms with Crippen molar-refractivity contribution < 1.29 is 14.3 Å². The Morgan fingerprint density at radius 3 is 2.78 bits per heavy atom. The largest absolute Gasteiger partial charge is 0.465 e. The fourth-order valence-corrected chi connectivity index (χ4v) is 3.25. The first-order valence-electron chi connectivity index (χ1n) is 8.35. The van der Waals surface area contributed by atoms with Crippen LogP contribution in [0.3, 0.4) is 0 Å². The van der Waals surface area contributed by atoms with E-state index in [1.165, 1.54) is 0 Å². The number of rotatable bonds is 5. The number of carbonyl (C=O) groups is 2. The van der Waals surface area contributed by atoms with Crippen molar-refractivity contribution >= 4 is 11.9 Å². The zero-order valence-corrected chi connectivity index (χ0v) is 13.3. The topological polar surface area (TPSA) is 46.6 Å². The third kappa shape index (κ3) is 4.21. The molecule has 1 aliphatic heterocycles. The van der Waals surface area contributed by atoms with E-state index in [4.69, 9.17) is 4.74 Å². The van der Waals surface area contributed by atoms with Crippen LogP contribution in [-0.2, 0) is 20.9 Å². The zero-order chi connectivity index (χ0) is 16.1. The minimum atomic E-state index is -0.108. The molecule has 0 bridgehead atoms. The average molecular weight is 313 g/mol. The number of nitrogens with zero attached hydrogens (tertiary/aromatic N) is 1. The van der Waals surface area contributed by atoms with Crippen LogP contribution in [0.1, 0.15) is 31.2 Å². The smallest absolute Gasteiger partial charge is 0.309 e. The zero-order valence-electron chi connectivity index (χ0n) is 13.3. The van der Waals surface area contributed by atoms with Gasteiger partial charge in [-0.15, -0.1) is 0 Å². The normalized spacial score (nSPS) is 24.0. The van der Waals surface area contributed by atoms with Crippen molar-refractivity contribution in [2.24, 2.45) is 11.8 Å². The molecule has 0 unspecified atom stereocenters. The second-order valence-electron chi connectivity index (χ2n) is 6.44. The van der Waals surface area contributed by atoms with Gasteiger partial charge >= 0.3 is 5.97 Å². The summed E-state index contributed by atoms with van der Waals surface area (Å²) < 4.78 is 5.46. The second-order valence-corrected chi connectivity index (χ2v) is 6.44. The fourth-order valence-electron chi connectivity index (χ4n) is 3.25. The number of ether oxygens (including phenoxy) is 1. The molecule has 1 aromatic rings. The van der Waals surface area contributed by atoms with Crippen LogP contribution in [-0.4, -0.2) is 29.9 Å². The van der Waals surface area contributed by atoms with E-state index in [0.717, 1.165) is 24.8 Å². The summed E-state index contributed by atoms with van der Waals surface area (Å²) in [5, 5.41) is 0. The Hall–Kier alpha value is -2.10. The molecule has 1 aromatic carbocycles. The van der Waals surface area contributed by atoms with Crippen LogP contribution in [0.5, 0.6) is 0 Å². The molecule has 0 saturated carbocycles. The van der Waals surface area contributed by atoms with Crippen LogP contribution in [0.15, 0.2) is 42.5 Å². The summed E-state index contributed by atoms with van der Waals surface area (Å²) in [6, 6.07) is 9.98. The molecule has 4 nitrogen and oxygen atoms in total. The first kappa shape index (κ1) is 15.8. The lowest BCUT2D eigenvalue weighted by Gasteiger charge is -2.19. The van der Waals surface area contributed by atoms with Gasteiger partial charge in [0.05, 0.1) is 12.5 Å². The summed E-state index contributed by atoms with van der Waals surface area (Å²) in [6.45, 7) is 1.67. The maximum Gasteiger partial charge on any atom is 0.309 e. The standard InChI is InChI=1S/C19H23NO3/c21-18-11-16(13-20(18)12-15-7-3-1-4-8-15)14-23-19(22)17-9-5-2-6-10-17/h1-5,7-8,16-17H,6,9-14H2/t16-,17+/m0/s1. The van der Waals surface area contributed by atoms with E-state index in [1.54, 1.807) is 0 Å². The van der Waals surface area contributed by atoms with Gasteiger partial charge in [-0.05, 0) is 24.8 Å². The van der Waals surface area contributed by atoms with Crippen molar-refractivity contribution in [2.45, 2.75) is 32.2 Å². The number of likely N-dealkylation sites (tertiary alicyclic amines) is 1. The molecule has 0 N–H and O–H groups in total. The quantitative estimate of drug-likeness (QED) is 0.620. The first-order valence-corrected chi connectivity index (χ1v) is 8.35. The lowest BCUT2D eigenvalue weighted by molar-refractivity contribution is -0.150. The highest BCUT2D eigenvalue weighted by Crippen LogP contribution is 2.23. The average Bonchev–Trinajstić information content (AvgIpc) is 2.94. The summed E-state index contributed by atoms with van der Waals surface area (Å²) in [7, 11) is 0. The molecule has 1 heterocycles. The third-order valence-electron chi connectivity index (χ3n) is 4.57. The van der Waals surface area contributed by atoms with Gasteiger partial charge in [0, 0.05) is 25.4 Å². The Labute approximate surface area is 137 Å². The predicted octanol–water partition coefficient (Wildman–Crippen LogP) is 2.93. The lowest BCUT2D eigenvalue weighted by Crippen LogP contribution is -2.26. The van der Waals surface area contributed by atoms with E-state index >= 15 is 0 Å². The first-order chi connectivity index (χ1) is 11.2. The van der Waals surface area contributed by atoms with Crippen molar-refractivity contribution in [3.8, 4) is 0 Å². The lowest BCUT2D eigenvalue weighted by atomic mass is 9.95. The molecule has 0 spiro atoms. The highest BCUT2D eigenvalue weighted by Gasteiger charge is 2.31. The molecule has 1 amide bonds. The van der Waals surface area contributed by atoms with Crippen molar-refractivity contribution in [1.82, 2.24) is 4.90 Å². The summed E-state index contributed by atoms with van der Waals surface area (Å²) in [5.74, 6) is 0.158. The number of carbonyl (C=O) groups excluding carboxylic acids is 2. The molecule has 122 valence electrons. The van der Waals surface area contributed by atoms with Gasteiger partial charge in [-0.2, -0.15) is 0 Å². The maximum atomic E-state index is 12.1. The van der Waals surface area contributed by atoms with E-state index in [2.05, 4.69) is 12.2 Å². The van der Waals surface area contributed by atoms with Crippen LogP contribution in [0, 0.1) is 11.8 Å². The third-order valence-corrected chi connectivity index (χ3v) is 4.57. The molecule has 1 aliphatic carbocycles. The van der Waals surface area contributed by atoms with E-state index in [-0.39, 0.29) is 23.7 Å². The highest BCUT2D eigenvalue weighted by molar-refractivity contribution is 5.78. The van der Waals surface area contributed by atoms with E-state index < -0.39 is 0 Å². The summed E-state index contributed by atoms with van der Waals surface area (Å²) in [5.41, 5.74) is 1.13. The second kappa shape index (κ2) is 7.44. The van der Waals surface area contributed by atoms with Crippen LogP contribution < -0.4 is 0 Å². The molecular weight excluding hydrogens is 290 g/mol. The van der Waals surface area contributed by atoms with Gasteiger partial charge in [0.25, 0.3) is 0 Å². The van der Waals surface area contributed by atoms with Crippen molar-refractivity contribution in [2.75, 3.05) is 13.2 Å². The van der Waals surface area contributed by atoms with Gasteiger partial charge in [0.2, 0.25) is 5.91 Å². The van der Waals surface area contributed by atoms with Crippen LogP contribution in [0.2, 0.25) is 0 Å². The van der Waals surface area contributed by atoms with Crippen LogP contribution in [0.4, 0.5) is 0 Å². The van der Waals surface area contributed by atoms with E-state index in [0.29, 0.717) is 26.1 Å². The number of benzene rings is 1. The molecular formula is C19H23NO3. The summed E-state index contributed by atoms with van der Waals surface area (Å²) in [4.78, 5) is 26.0. The molecule has 3 rings (SSSR count). The molecule has 2 atom stereocenters. The Bertz CT molecular complexity index is 582. The number of esters is 1. The summed E-state index contributed by atoms with van der Waals surface area (Å²) >= 11 is 0. The Balaban J connectivity index is 1.46. The molecule has 4 heteroatoms. The Kier molecular flexibility index (Phi) is 5.11. The van der Waals surface area contributed by atoms with Gasteiger partial charge in [-0.1, -0.05) is 42.5 Å². The van der Waals surface area contributed by atoms with Crippen molar-refractivity contribution in [3.63, 3.8) is 0 Å². The SMILES string of the molecule is O=C(OC[C@H]1CC(=O)N(Cc2ccccc2)C1)[C@@H]1CC=CCC1. The van der Waals surface area contributed by atoms with Crippen LogP contribution >= 0.6 is 0 Å². The molecule has 2 aliphatic rings. The van der Waals surface area contributed by atoms with E-state index in [9.17, 15) is 9.59 Å². The monoisotopic (exact) mass is 313 g/mol. The predicted molar refractivity (Wildman–Crippen MR) is 87.4 cm³/mol. The fraction of sp³-hybridized carbons (Fsp3) is 0.474. The van der Waals surface area contributed by atoms with Gasteiger partial charge in [0.1, 0.15) is 0 Å². The number of hydrogen-bond donors (Lipinski definition) is 0. The van der Waals surface area contributed by atoms with Gasteiger partial charge < -0.3 is 9.64 Å². The number of hydrogen-bond acceptors (Lipinski definition) is 3. The highest BCUT2D eigenvalue weighted by atomic mass is 16.5. The van der Waals surface area contributed by atoms with Crippen LogP contribution in [0.25, 0.3) is 0 Å². The molecule has 23 heavy (non-hydrogen) atoms. The van der Waals surface area contributed by atoms with E-state index in [1.807, 2.05) is 35.2 Å². The molecule has 0 aromatic heterocycles.